The van der Waals surface area contributed by atoms with Gasteiger partial charge in [-0.3, -0.25) is 38.6 Å². The van der Waals surface area contributed by atoms with Crippen LogP contribution in [0.2, 0.25) is 0 Å². The number of imidazole rings is 1. The number of aryl methyl sites for hydroxylation is 2. The molecule has 2 atom stereocenters. The fourth-order valence-electron chi connectivity index (χ4n) is 8.44. The van der Waals surface area contributed by atoms with E-state index >= 15 is 8.78 Å². The number of halogens is 2. The molecule has 3 saturated heterocycles. The molecule has 0 radical (unpaired) electrons. The second-order valence-electron chi connectivity index (χ2n) is 14.7. The van der Waals surface area contributed by atoms with Gasteiger partial charge in [0, 0.05) is 82.8 Å². The number of likely N-dealkylation sites (tertiary alicyclic amines) is 1. The minimum absolute atomic E-state index is 0.0644. The summed E-state index contributed by atoms with van der Waals surface area (Å²) in [6.07, 6.45) is 2.51. The van der Waals surface area contributed by atoms with Crippen LogP contribution in [0.25, 0.3) is 22.2 Å². The lowest BCUT2D eigenvalue weighted by Crippen LogP contribution is -2.61. The van der Waals surface area contributed by atoms with Crippen LogP contribution in [0.15, 0.2) is 46.1 Å². The second-order valence-corrected chi connectivity index (χ2v) is 14.7. The van der Waals surface area contributed by atoms with Crippen LogP contribution in [0, 0.1) is 13.8 Å². The Morgan fingerprint density at radius 2 is 1.56 bits per heavy atom. The van der Waals surface area contributed by atoms with Crippen LogP contribution in [0.3, 0.4) is 0 Å². The van der Waals surface area contributed by atoms with E-state index in [1.807, 2.05) is 42.2 Å². The van der Waals surface area contributed by atoms with Crippen LogP contribution in [-0.2, 0) is 30.2 Å². The van der Waals surface area contributed by atoms with E-state index in [9.17, 15) is 19.2 Å². The highest BCUT2D eigenvalue weighted by molar-refractivity contribution is 6.00. The summed E-state index contributed by atoms with van der Waals surface area (Å²) in [5.41, 5.74) is 5.59. The van der Waals surface area contributed by atoms with E-state index < -0.39 is 30.5 Å². The molecule has 0 spiro atoms. The number of anilines is 1. The van der Waals surface area contributed by atoms with Gasteiger partial charge in [-0.05, 0) is 68.1 Å². The molecule has 3 aliphatic heterocycles. The number of aromatic nitrogens is 3. The highest BCUT2D eigenvalue weighted by Gasteiger charge is 2.48. The number of ether oxygens (including phenoxy) is 2. The van der Waals surface area contributed by atoms with E-state index in [4.69, 9.17) is 9.47 Å². The third kappa shape index (κ3) is 6.57. The number of rotatable bonds is 8. The number of imide groups is 1. The summed E-state index contributed by atoms with van der Waals surface area (Å²) < 4.78 is 48.1. The molecule has 3 fully saturated rings. The fourth-order valence-corrected chi connectivity index (χ4v) is 8.44. The van der Waals surface area contributed by atoms with Gasteiger partial charge in [-0.2, -0.15) is 0 Å². The van der Waals surface area contributed by atoms with Crippen molar-refractivity contribution in [1.29, 1.82) is 0 Å². The third-order valence-electron chi connectivity index (χ3n) is 11.6. The normalized spacial score (nSPS) is 21.1. The number of pyridine rings is 1. The Bertz CT molecular complexity index is 2230. The van der Waals surface area contributed by atoms with Crippen molar-refractivity contribution in [3.8, 4) is 22.6 Å². The van der Waals surface area contributed by atoms with Crippen molar-refractivity contribution in [2.75, 3.05) is 58.4 Å². The molecule has 2 aromatic carbocycles. The van der Waals surface area contributed by atoms with Crippen LogP contribution >= 0.6 is 0 Å². The smallest absolute Gasteiger partial charge is 0.329 e. The molecule has 2 aromatic heterocycles. The lowest BCUT2D eigenvalue weighted by Gasteiger charge is -2.46. The Morgan fingerprint density at radius 3 is 2.19 bits per heavy atom. The summed E-state index contributed by atoms with van der Waals surface area (Å²) >= 11 is 0. The van der Waals surface area contributed by atoms with Crippen molar-refractivity contribution in [3.63, 3.8) is 0 Å². The number of nitrogens with one attached hydrogen (secondary N) is 1. The van der Waals surface area contributed by atoms with Gasteiger partial charge in [-0.1, -0.05) is 0 Å². The first-order valence-electron chi connectivity index (χ1n) is 18.3. The summed E-state index contributed by atoms with van der Waals surface area (Å²) in [7, 11) is 6.47. The lowest BCUT2D eigenvalue weighted by molar-refractivity contribution is -0.135. The van der Waals surface area contributed by atoms with Crippen molar-refractivity contribution >= 4 is 28.5 Å². The van der Waals surface area contributed by atoms with Crippen LogP contribution in [0.4, 0.5) is 14.5 Å². The van der Waals surface area contributed by atoms with Gasteiger partial charge in [0.1, 0.15) is 17.5 Å². The van der Waals surface area contributed by atoms with Crippen molar-refractivity contribution in [3.05, 3.63) is 74.1 Å². The van der Waals surface area contributed by atoms with Crippen molar-refractivity contribution < 1.29 is 27.8 Å². The molecule has 0 aliphatic carbocycles. The quantitative estimate of drug-likeness (QED) is 0.271. The van der Waals surface area contributed by atoms with Gasteiger partial charge in [-0.15, -0.1) is 0 Å². The number of piperidine rings is 2. The SMILES string of the molecule is COc1cc(-c2cn(C)c(=O)c(C)c2C)cc(OC)c1CN1CCC(N2CCN(c3ccc4c(c3)n(C)c(=O)n4C3CCC(=O)NC3=O)CC2)C(F)(F)C1. The van der Waals surface area contributed by atoms with Crippen LogP contribution in [0.5, 0.6) is 11.5 Å². The zero-order chi connectivity index (χ0) is 38.6. The molecule has 54 heavy (non-hydrogen) atoms. The average Bonchev–Trinajstić information content (AvgIpc) is 3.40. The largest absolute Gasteiger partial charge is 0.496 e. The van der Waals surface area contributed by atoms with Gasteiger partial charge in [-0.25, -0.2) is 13.6 Å². The van der Waals surface area contributed by atoms with Crippen molar-refractivity contribution in [2.24, 2.45) is 14.1 Å². The first kappa shape index (κ1) is 37.3. The number of alkyl halides is 2. The predicted octanol–water partition coefficient (Wildman–Crippen LogP) is 3.35. The Balaban J connectivity index is 1.02. The van der Waals surface area contributed by atoms with E-state index in [0.29, 0.717) is 72.8 Å². The van der Waals surface area contributed by atoms with Crippen LogP contribution in [-0.4, -0.2) is 101 Å². The van der Waals surface area contributed by atoms with Gasteiger partial charge in [0.05, 0.1) is 43.4 Å². The first-order valence-corrected chi connectivity index (χ1v) is 18.3. The third-order valence-corrected chi connectivity index (χ3v) is 11.6. The first-order chi connectivity index (χ1) is 25.7. The summed E-state index contributed by atoms with van der Waals surface area (Å²) in [6.45, 7) is 6.00. The number of nitrogens with zero attached hydrogens (tertiary/aromatic N) is 6. The van der Waals surface area contributed by atoms with Gasteiger partial charge in [0.2, 0.25) is 11.8 Å². The minimum Gasteiger partial charge on any atom is -0.496 e. The Morgan fingerprint density at radius 1 is 0.870 bits per heavy atom. The van der Waals surface area contributed by atoms with E-state index in [2.05, 4.69) is 10.2 Å². The maximum atomic E-state index is 16.0. The van der Waals surface area contributed by atoms with Crippen LogP contribution < -0.4 is 30.9 Å². The van der Waals surface area contributed by atoms with Crippen molar-refractivity contribution in [2.45, 2.75) is 57.7 Å². The molecular weight excluding hydrogens is 700 g/mol. The number of fused-ring (bicyclic) bond motifs is 1. The number of benzene rings is 2. The molecule has 0 saturated carbocycles. The van der Waals surface area contributed by atoms with Crippen molar-refractivity contribution in [1.82, 2.24) is 28.8 Å². The van der Waals surface area contributed by atoms with Gasteiger partial charge < -0.3 is 18.9 Å². The number of hydrogen-bond donors (Lipinski definition) is 1. The highest BCUT2D eigenvalue weighted by Crippen LogP contribution is 2.39. The topological polar surface area (TPSA) is 123 Å². The maximum Gasteiger partial charge on any atom is 0.329 e. The predicted molar refractivity (Wildman–Crippen MR) is 201 cm³/mol. The lowest BCUT2D eigenvalue weighted by atomic mass is 9.95. The molecule has 3 aliphatic rings. The van der Waals surface area contributed by atoms with Gasteiger partial charge >= 0.3 is 5.69 Å². The average molecular weight is 748 g/mol. The molecule has 7 rings (SSSR count). The van der Waals surface area contributed by atoms with E-state index in [1.165, 1.54) is 9.13 Å². The zero-order valence-corrected chi connectivity index (χ0v) is 31.6. The molecule has 1 N–H and O–H groups in total. The number of methoxy groups -OCH3 is 2. The number of piperazine rings is 1. The van der Waals surface area contributed by atoms with E-state index in [1.54, 1.807) is 50.9 Å². The van der Waals surface area contributed by atoms with Crippen LogP contribution in [0.1, 0.15) is 42.0 Å². The molecule has 288 valence electrons. The monoisotopic (exact) mass is 747 g/mol. The molecule has 2 amide bonds. The number of carbonyl (C=O) groups is 2. The number of hydrogen-bond acceptors (Lipinski definition) is 9. The highest BCUT2D eigenvalue weighted by atomic mass is 19.3. The summed E-state index contributed by atoms with van der Waals surface area (Å²) in [6, 6.07) is 7.70. The summed E-state index contributed by atoms with van der Waals surface area (Å²) in [5.74, 6) is -2.73. The standard InChI is InChI=1S/C39H47F2N7O6/c1-23-24(2)37(51)43(3)20-27(23)25-17-32(53-5)28(33(18-25)54-6)21-45-12-11-34(39(40,41)22-45)47-15-13-46(14-16-47)26-7-8-29-31(19-26)44(4)38(52)48(29)30-9-10-35(49)42-36(30)50/h7-8,17-20,30,34H,9-16,21-22H2,1-6H3,(H,42,49,50). The van der Waals surface area contributed by atoms with Gasteiger partial charge in [0.25, 0.3) is 11.5 Å². The van der Waals surface area contributed by atoms with E-state index in [-0.39, 0.29) is 36.5 Å². The molecular formula is C39H47F2N7O6. The minimum atomic E-state index is -2.96. The van der Waals surface area contributed by atoms with Gasteiger partial charge in [0.15, 0.2) is 0 Å². The fraction of sp³-hybridized carbons (Fsp3) is 0.487. The second kappa shape index (κ2) is 14.3. The molecule has 2 unspecified atom stereocenters. The molecule has 15 heteroatoms. The zero-order valence-electron chi connectivity index (χ0n) is 31.6. The Hall–Kier alpha value is -5.02. The molecule has 0 bridgehead atoms. The number of carbonyl (C=O) groups excluding carboxylic acids is 2. The maximum absolute atomic E-state index is 16.0. The Kier molecular flexibility index (Phi) is 9.90. The summed E-state index contributed by atoms with van der Waals surface area (Å²) in [5, 5.41) is 2.33. The van der Waals surface area contributed by atoms with E-state index in [0.717, 1.165) is 22.4 Å². The Labute approximate surface area is 311 Å². The molecule has 5 heterocycles. The molecule has 13 nitrogen and oxygen atoms in total. The molecule has 4 aromatic rings. The summed E-state index contributed by atoms with van der Waals surface area (Å²) in [4.78, 5) is 55.8. The number of amides is 2.